The Balaban J connectivity index is 1.32. The van der Waals surface area contributed by atoms with Gasteiger partial charge in [-0.25, -0.2) is 0 Å². The monoisotopic (exact) mass is 502 g/mol. The number of anilines is 1. The summed E-state index contributed by atoms with van der Waals surface area (Å²) in [5.41, 5.74) is 3.81. The summed E-state index contributed by atoms with van der Waals surface area (Å²) in [6, 6.07) is 16.5. The predicted octanol–water partition coefficient (Wildman–Crippen LogP) is 1.89. The summed E-state index contributed by atoms with van der Waals surface area (Å²) < 4.78 is 0. The standard InChI is InChI=1S/C29H28B2N4O3/c1-33-13-15-34(16-14-33)17-18-5-7-19(8-6-18)29(30,31)22-9-10-23-26-20(22)3-2-4-21(26)28(38)35(23)24-11-12-25(36)32-27(24)37/h2-10,24H,11-17H2,1H3,(H,32,36,37). The molecule has 3 aromatic carbocycles. The second-order valence-electron chi connectivity index (χ2n) is 10.6. The molecule has 6 rings (SSSR count). The van der Waals surface area contributed by atoms with Gasteiger partial charge in [0.1, 0.15) is 6.04 Å². The van der Waals surface area contributed by atoms with Gasteiger partial charge in [0, 0.05) is 50.1 Å². The number of carbonyl (C=O) groups is 3. The van der Waals surface area contributed by atoms with Gasteiger partial charge >= 0.3 is 0 Å². The molecular formula is C29H28B2N4O3. The quantitative estimate of drug-likeness (QED) is 0.427. The average molecular weight is 502 g/mol. The maximum atomic E-state index is 13.4. The third-order valence-corrected chi connectivity index (χ3v) is 8.13. The molecular weight excluding hydrogens is 474 g/mol. The normalized spacial score (nSPS) is 20.8. The third kappa shape index (κ3) is 4.14. The Morgan fingerprint density at radius 3 is 2.39 bits per heavy atom. The van der Waals surface area contributed by atoms with E-state index in [4.69, 9.17) is 15.7 Å². The van der Waals surface area contributed by atoms with E-state index in [0.717, 1.165) is 49.1 Å². The topological polar surface area (TPSA) is 73.0 Å². The zero-order valence-electron chi connectivity index (χ0n) is 21.4. The lowest BCUT2D eigenvalue weighted by atomic mass is 9.47. The summed E-state index contributed by atoms with van der Waals surface area (Å²) in [4.78, 5) is 44.0. The van der Waals surface area contributed by atoms with Crippen LogP contribution in [0.15, 0.2) is 54.6 Å². The van der Waals surface area contributed by atoms with E-state index in [0.29, 0.717) is 16.8 Å². The molecule has 4 radical (unpaired) electrons. The zero-order valence-corrected chi connectivity index (χ0v) is 21.4. The van der Waals surface area contributed by atoms with Crippen molar-refractivity contribution in [2.75, 3.05) is 38.1 Å². The molecule has 0 aliphatic carbocycles. The summed E-state index contributed by atoms with van der Waals surface area (Å²) in [6.45, 7) is 5.12. The van der Waals surface area contributed by atoms with Gasteiger partial charge in [-0.05, 0) is 42.1 Å². The van der Waals surface area contributed by atoms with Crippen molar-refractivity contribution in [3.63, 3.8) is 0 Å². The number of likely N-dealkylation sites (N-methyl/N-ethyl adjacent to an activating group) is 1. The lowest BCUT2D eigenvalue weighted by Crippen LogP contribution is -2.53. The van der Waals surface area contributed by atoms with Gasteiger partial charge < -0.3 is 4.90 Å². The molecule has 3 amide bonds. The molecule has 3 aliphatic heterocycles. The average Bonchev–Trinajstić information content (AvgIpc) is 3.19. The molecule has 2 saturated heterocycles. The summed E-state index contributed by atoms with van der Waals surface area (Å²) in [5.74, 6) is -1.03. The number of benzene rings is 3. The Labute approximate surface area is 225 Å². The van der Waals surface area contributed by atoms with Gasteiger partial charge in [0.2, 0.25) is 11.8 Å². The third-order valence-electron chi connectivity index (χ3n) is 8.13. The van der Waals surface area contributed by atoms with Crippen LogP contribution in [-0.2, 0) is 21.3 Å². The molecule has 1 N–H and O–H groups in total. The van der Waals surface area contributed by atoms with Gasteiger partial charge in [0.05, 0.1) is 21.4 Å². The van der Waals surface area contributed by atoms with Crippen molar-refractivity contribution in [1.82, 2.24) is 15.1 Å². The second-order valence-corrected chi connectivity index (χ2v) is 10.6. The van der Waals surface area contributed by atoms with Crippen molar-refractivity contribution in [2.24, 2.45) is 0 Å². The van der Waals surface area contributed by atoms with Gasteiger partial charge in [-0.1, -0.05) is 53.2 Å². The molecule has 38 heavy (non-hydrogen) atoms. The van der Waals surface area contributed by atoms with Crippen molar-refractivity contribution in [3.8, 4) is 0 Å². The zero-order chi connectivity index (χ0) is 26.6. The molecule has 0 spiro atoms. The molecule has 3 heterocycles. The molecule has 7 nitrogen and oxygen atoms in total. The lowest BCUT2D eigenvalue weighted by molar-refractivity contribution is -0.134. The highest BCUT2D eigenvalue weighted by atomic mass is 16.2. The van der Waals surface area contributed by atoms with E-state index in [1.54, 1.807) is 6.07 Å². The molecule has 9 heteroatoms. The smallest absolute Gasteiger partial charge is 0.259 e. The van der Waals surface area contributed by atoms with E-state index in [2.05, 4.69) is 34.3 Å². The van der Waals surface area contributed by atoms with Crippen LogP contribution in [0.25, 0.3) is 10.8 Å². The van der Waals surface area contributed by atoms with E-state index < -0.39 is 17.2 Å². The Morgan fingerprint density at radius 1 is 0.947 bits per heavy atom. The molecule has 2 fully saturated rings. The number of piperazine rings is 1. The minimum atomic E-state index is -1.30. The van der Waals surface area contributed by atoms with Crippen molar-refractivity contribution >= 4 is 49.9 Å². The second kappa shape index (κ2) is 9.40. The maximum Gasteiger partial charge on any atom is 0.259 e. The van der Waals surface area contributed by atoms with E-state index in [-0.39, 0.29) is 24.7 Å². The van der Waals surface area contributed by atoms with Crippen LogP contribution in [0.4, 0.5) is 5.69 Å². The number of piperidine rings is 1. The number of hydrogen-bond acceptors (Lipinski definition) is 5. The fourth-order valence-corrected chi connectivity index (χ4v) is 5.91. The first-order valence-electron chi connectivity index (χ1n) is 13.1. The van der Waals surface area contributed by atoms with Crippen LogP contribution in [0.3, 0.4) is 0 Å². The lowest BCUT2D eigenvalue weighted by Gasteiger charge is -2.33. The predicted molar refractivity (Wildman–Crippen MR) is 148 cm³/mol. The van der Waals surface area contributed by atoms with Crippen LogP contribution in [0, 0.1) is 0 Å². The van der Waals surface area contributed by atoms with Crippen LogP contribution >= 0.6 is 0 Å². The molecule has 3 aromatic rings. The minimum Gasteiger partial charge on any atom is -0.304 e. The highest BCUT2D eigenvalue weighted by Gasteiger charge is 2.41. The summed E-state index contributed by atoms with van der Waals surface area (Å²) >= 11 is 0. The van der Waals surface area contributed by atoms with Crippen LogP contribution in [0.1, 0.15) is 39.9 Å². The van der Waals surface area contributed by atoms with E-state index in [9.17, 15) is 14.4 Å². The van der Waals surface area contributed by atoms with Gasteiger partial charge in [0.25, 0.3) is 5.91 Å². The van der Waals surface area contributed by atoms with E-state index in [1.165, 1.54) is 10.5 Å². The Kier molecular flexibility index (Phi) is 6.16. The highest BCUT2D eigenvalue weighted by Crippen LogP contribution is 2.43. The largest absolute Gasteiger partial charge is 0.304 e. The fraction of sp³-hybridized carbons (Fsp3) is 0.345. The van der Waals surface area contributed by atoms with Crippen molar-refractivity contribution in [3.05, 3.63) is 76.9 Å². The molecule has 0 bridgehead atoms. The minimum absolute atomic E-state index is 0.192. The number of imide groups is 1. The van der Waals surface area contributed by atoms with Crippen molar-refractivity contribution in [1.29, 1.82) is 0 Å². The first-order valence-corrected chi connectivity index (χ1v) is 13.1. The van der Waals surface area contributed by atoms with Crippen LogP contribution in [-0.4, -0.2) is 82.5 Å². The summed E-state index contributed by atoms with van der Waals surface area (Å²) in [5, 5.41) is 2.56. The van der Waals surface area contributed by atoms with E-state index >= 15 is 0 Å². The molecule has 0 aromatic heterocycles. The summed E-state index contributed by atoms with van der Waals surface area (Å²) in [7, 11) is 15.8. The van der Waals surface area contributed by atoms with Crippen molar-refractivity contribution < 1.29 is 14.4 Å². The Bertz CT molecular complexity index is 1450. The number of nitrogens with one attached hydrogen (secondary N) is 1. The first kappa shape index (κ1) is 24.9. The summed E-state index contributed by atoms with van der Waals surface area (Å²) in [6.07, 6.45) is 0.475. The van der Waals surface area contributed by atoms with Gasteiger partial charge in [-0.2, -0.15) is 0 Å². The van der Waals surface area contributed by atoms with Crippen LogP contribution in [0.5, 0.6) is 0 Å². The van der Waals surface area contributed by atoms with Gasteiger partial charge in [0.15, 0.2) is 0 Å². The number of hydrogen-bond donors (Lipinski definition) is 1. The Hall–Kier alpha value is -3.42. The number of carbonyl (C=O) groups excluding carboxylic acids is 3. The van der Waals surface area contributed by atoms with Crippen LogP contribution in [0.2, 0.25) is 0 Å². The fourth-order valence-electron chi connectivity index (χ4n) is 5.91. The number of rotatable bonds is 5. The molecule has 1 unspecified atom stereocenters. The highest BCUT2D eigenvalue weighted by molar-refractivity contribution is 6.43. The molecule has 3 aliphatic rings. The number of nitrogens with zero attached hydrogens (tertiary/aromatic N) is 3. The molecule has 188 valence electrons. The van der Waals surface area contributed by atoms with E-state index in [1.807, 2.05) is 36.4 Å². The van der Waals surface area contributed by atoms with Crippen molar-refractivity contribution in [2.45, 2.75) is 30.6 Å². The van der Waals surface area contributed by atoms with Gasteiger partial charge in [-0.15, -0.1) is 0 Å². The SMILES string of the molecule is [B]C([B])(c1ccc(CN2CCN(C)CC2)cc1)c1ccc2c3c(cccc13)C(=O)N2C1CCC(=O)NC1=O. The van der Waals surface area contributed by atoms with Crippen LogP contribution < -0.4 is 10.2 Å². The first-order chi connectivity index (χ1) is 18.2. The number of amides is 3. The maximum absolute atomic E-state index is 13.4. The Morgan fingerprint density at radius 2 is 1.68 bits per heavy atom. The molecule has 1 atom stereocenters. The van der Waals surface area contributed by atoms with Gasteiger partial charge in [-0.3, -0.25) is 29.5 Å². The molecule has 0 saturated carbocycles.